The topological polar surface area (TPSA) is 49.7 Å². The Labute approximate surface area is 86.1 Å². The molecule has 0 aliphatic carbocycles. The van der Waals surface area contributed by atoms with Crippen LogP contribution in [0.15, 0.2) is 0 Å². The predicted molar refractivity (Wildman–Crippen MR) is 55.1 cm³/mol. The molecule has 14 heavy (non-hydrogen) atoms. The SMILES string of the molecule is CCC1(O)CCOCC1CCC(C)O. The molecule has 1 rings (SSSR count). The lowest BCUT2D eigenvalue weighted by Crippen LogP contribution is -2.45. The van der Waals surface area contributed by atoms with Gasteiger partial charge in [0.1, 0.15) is 0 Å². The van der Waals surface area contributed by atoms with Crippen LogP contribution in [0.5, 0.6) is 0 Å². The summed E-state index contributed by atoms with van der Waals surface area (Å²) < 4.78 is 5.37. The number of rotatable bonds is 4. The minimum Gasteiger partial charge on any atom is -0.393 e. The summed E-state index contributed by atoms with van der Waals surface area (Å²) in [6.07, 6.45) is 2.82. The summed E-state index contributed by atoms with van der Waals surface area (Å²) in [6.45, 7) is 5.10. The Morgan fingerprint density at radius 2 is 2.29 bits per heavy atom. The highest BCUT2D eigenvalue weighted by Crippen LogP contribution is 2.33. The molecule has 0 radical (unpaired) electrons. The van der Waals surface area contributed by atoms with Crippen molar-refractivity contribution in [1.29, 1.82) is 0 Å². The molecule has 2 N–H and O–H groups in total. The highest BCUT2D eigenvalue weighted by molar-refractivity contribution is 4.88. The Balaban J connectivity index is 2.46. The van der Waals surface area contributed by atoms with Crippen LogP contribution in [0.25, 0.3) is 0 Å². The molecule has 1 aliphatic rings. The van der Waals surface area contributed by atoms with Crippen molar-refractivity contribution in [3.8, 4) is 0 Å². The molecule has 84 valence electrons. The molecule has 3 nitrogen and oxygen atoms in total. The van der Waals surface area contributed by atoms with Crippen LogP contribution in [0, 0.1) is 5.92 Å². The summed E-state index contributed by atoms with van der Waals surface area (Å²) in [7, 11) is 0. The fourth-order valence-corrected chi connectivity index (χ4v) is 2.09. The lowest BCUT2D eigenvalue weighted by molar-refractivity contribution is -0.118. The predicted octanol–water partition coefficient (Wildman–Crippen LogP) is 1.32. The molecule has 0 spiro atoms. The smallest absolute Gasteiger partial charge is 0.0717 e. The van der Waals surface area contributed by atoms with Crippen LogP contribution in [-0.2, 0) is 4.74 Å². The maximum atomic E-state index is 10.3. The van der Waals surface area contributed by atoms with Gasteiger partial charge in [0.05, 0.1) is 18.3 Å². The van der Waals surface area contributed by atoms with Gasteiger partial charge in [-0.15, -0.1) is 0 Å². The van der Waals surface area contributed by atoms with E-state index < -0.39 is 5.60 Å². The first-order valence-corrected chi connectivity index (χ1v) is 5.56. The molecule has 0 amide bonds. The van der Waals surface area contributed by atoms with Gasteiger partial charge in [-0.3, -0.25) is 0 Å². The van der Waals surface area contributed by atoms with Crippen molar-refractivity contribution in [1.82, 2.24) is 0 Å². The lowest BCUT2D eigenvalue weighted by atomic mass is 9.78. The van der Waals surface area contributed by atoms with Gasteiger partial charge in [0.15, 0.2) is 0 Å². The van der Waals surface area contributed by atoms with E-state index in [0.29, 0.717) is 13.2 Å². The number of hydrogen-bond donors (Lipinski definition) is 2. The minimum absolute atomic E-state index is 0.191. The van der Waals surface area contributed by atoms with Gasteiger partial charge in [-0.25, -0.2) is 0 Å². The van der Waals surface area contributed by atoms with E-state index in [1.807, 2.05) is 6.92 Å². The Kier molecular flexibility index (Phi) is 4.35. The quantitative estimate of drug-likeness (QED) is 0.723. The van der Waals surface area contributed by atoms with Crippen molar-refractivity contribution >= 4 is 0 Å². The summed E-state index contributed by atoms with van der Waals surface area (Å²) >= 11 is 0. The largest absolute Gasteiger partial charge is 0.393 e. The Bertz CT molecular complexity index is 170. The van der Waals surface area contributed by atoms with Gasteiger partial charge in [-0.1, -0.05) is 6.92 Å². The van der Waals surface area contributed by atoms with Crippen LogP contribution in [0.2, 0.25) is 0 Å². The summed E-state index contributed by atoms with van der Waals surface area (Å²) in [4.78, 5) is 0. The second-order valence-corrected chi connectivity index (χ2v) is 4.41. The third-order valence-electron chi connectivity index (χ3n) is 3.30. The highest BCUT2D eigenvalue weighted by Gasteiger charge is 2.37. The van der Waals surface area contributed by atoms with E-state index in [2.05, 4.69) is 0 Å². The zero-order chi connectivity index (χ0) is 10.6. The molecule has 1 heterocycles. The van der Waals surface area contributed by atoms with Gasteiger partial charge < -0.3 is 14.9 Å². The molecule has 1 saturated heterocycles. The van der Waals surface area contributed by atoms with E-state index in [4.69, 9.17) is 4.74 Å². The van der Waals surface area contributed by atoms with Crippen molar-refractivity contribution in [3.63, 3.8) is 0 Å². The molecule has 1 aliphatic heterocycles. The fraction of sp³-hybridized carbons (Fsp3) is 1.00. The van der Waals surface area contributed by atoms with Crippen molar-refractivity contribution in [2.75, 3.05) is 13.2 Å². The van der Waals surface area contributed by atoms with Gasteiger partial charge in [0.2, 0.25) is 0 Å². The second kappa shape index (κ2) is 5.10. The van der Waals surface area contributed by atoms with Crippen LogP contribution in [0.3, 0.4) is 0 Å². The van der Waals surface area contributed by atoms with Gasteiger partial charge in [0.25, 0.3) is 0 Å². The van der Waals surface area contributed by atoms with E-state index in [0.717, 1.165) is 25.7 Å². The van der Waals surface area contributed by atoms with E-state index in [1.54, 1.807) is 6.92 Å². The van der Waals surface area contributed by atoms with E-state index in [9.17, 15) is 10.2 Å². The molecule has 1 fully saturated rings. The summed E-state index contributed by atoms with van der Waals surface area (Å²) in [5.74, 6) is 0.191. The van der Waals surface area contributed by atoms with Crippen LogP contribution in [0.1, 0.15) is 39.5 Å². The fourth-order valence-electron chi connectivity index (χ4n) is 2.09. The Hall–Kier alpha value is -0.120. The van der Waals surface area contributed by atoms with Crippen molar-refractivity contribution in [3.05, 3.63) is 0 Å². The van der Waals surface area contributed by atoms with Gasteiger partial charge >= 0.3 is 0 Å². The molecule has 3 heteroatoms. The van der Waals surface area contributed by atoms with Crippen molar-refractivity contribution in [2.24, 2.45) is 5.92 Å². The molecule has 0 saturated carbocycles. The first kappa shape index (κ1) is 12.0. The van der Waals surface area contributed by atoms with Crippen molar-refractivity contribution in [2.45, 2.75) is 51.2 Å². The highest BCUT2D eigenvalue weighted by atomic mass is 16.5. The van der Waals surface area contributed by atoms with Crippen LogP contribution >= 0.6 is 0 Å². The van der Waals surface area contributed by atoms with Gasteiger partial charge in [0, 0.05) is 12.5 Å². The average Bonchev–Trinajstić information content (AvgIpc) is 2.16. The van der Waals surface area contributed by atoms with E-state index >= 15 is 0 Å². The number of ether oxygens (including phenoxy) is 1. The monoisotopic (exact) mass is 202 g/mol. The molecule has 3 unspecified atom stereocenters. The molecule has 0 aromatic rings. The maximum Gasteiger partial charge on any atom is 0.0717 e. The third kappa shape index (κ3) is 2.94. The number of hydrogen-bond acceptors (Lipinski definition) is 3. The van der Waals surface area contributed by atoms with Crippen LogP contribution < -0.4 is 0 Å². The molecule has 3 atom stereocenters. The number of aliphatic hydroxyl groups excluding tert-OH is 1. The molecule has 0 aromatic heterocycles. The van der Waals surface area contributed by atoms with Crippen LogP contribution in [0.4, 0.5) is 0 Å². The first-order chi connectivity index (χ1) is 6.58. The molecule has 0 bridgehead atoms. The average molecular weight is 202 g/mol. The second-order valence-electron chi connectivity index (χ2n) is 4.41. The molecular weight excluding hydrogens is 180 g/mol. The standard InChI is InChI=1S/C11H22O3/c1-3-11(13)6-7-14-8-10(11)5-4-9(2)12/h9-10,12-13H,3-8H2,1-2H3. The Morgan fingerprint density at radius 1 is 1.57 bits per heavy atom. The van der Waals surface area contributed by atoms with E-state index in [1.165, 1.54) is 0 Å². The maximum absolute atomic E-state index is 10.3. The van der Waals surface area contributed by atoms with E-state index in [-0.39, 0.29) is 12.0 Å². The summed E-state index contributed by atoms with van der Waals surface area (Å²) in [6, 6.07) is 0. The third-order valence-corrected chi connectivity index (χ3v) is 3.30. The zero-order valence-corrected chi connectivity index (χ0v) is 9.20. The van der Waals surface area contributed by atoms with Crippen LogP contribution in [-0.4, -0.2) is 35.1 Å². The normalized spacial score (nSPS) is 35.6. The number of aliphatic hydroxyl groups is 2. The summed E-state index contributed by atoms with van der Waals surface area (Å²) in [5, 5.41) is 19.5. The lowest BCUT2D eigenvalue weighted by Gasteiger charge is -2.39. The Morgan fingerprint density at radius 3 is 2.86 bits per heavy atom. The first-order valence-electron chi connectivity index (χ1n) is 5.56. The minimum atomic E-state index is -0.562. The van der Waals surface area contributed by atoms with Gasteiger partial charge in [-0.2, -0.15) is 0 Å². The summed E-state index contributed by atoms with van der Waals surface area (Å²) in [5.41, 5.74) is -0.562. The molecule has 0 aromatic carbocycles. The molecular formula is C11H22O3. The van der Waals surface area contributed by atoms with Gasteiger partial charge in [-0.05, 0) is 32.6 Å². The zero-order valence-electron chi connectivity index (χ0n) is 9.20. The van der Waals surface area contributed by atoms with Crippen molar-refractivity contribution < 1.29 is 14.9 Å².